The van der Waals surface area contributed by atoms with Crippen molar-refractivity contribution in [3.05, 3.63) is 42.2 Å². The standard InChI is InChI=1S/C22H31N5/c1-5-9-16(7-3)18-11-12-23-22-21(18)26-15-27(22)20-14-24-19(13-25-20)17(8-4)10-6-2/h11-17H,5-10H2,1-4H3. The quantitative estimate of drug-likeness (QED) is 0.481. The van der Waals surface area contributed by atoms with Crippen molar-refractivity contribution in [2.45, 2.75) is 78.1 Å². The van der Waals surface area contributed by atoms with Crippen LogP contribution in [0.25, 0.3) is 17.0 Å². The summed E-state index contributed by atoms with van der Waals surface area (Å²) < 4.78 is 1.95. The molecule has 0 aromatic carbocycles. The SMILES string of the molecule is CCCC(CC)c1cnc(-n2cnc3c(C(CC)CCC)ccnc32)cn1. The lowest BCUT2D eigenvalue weighted by atomic mass is 9.92. The van der Waals surface area contributed by atoms with E-state index in [1.54, 1.807) is 0 Å². The molecule has 0 saturated carbocycles. The molecular formula is C22H31N5. The zero-order valence-corrected chi connectivity index (χ0v) is 17.0. The average Bonchev–Trinajstić information content (AvgIpc) is 3.15. The zero-order valence-electron chi connectivity index (χ0n) is 17.0. The van der Waals surface area contributed by atoms with E-state index in [0.717, 1.165) is 48.4 Å². The lowest BCUT2D eigenvalue weighted by molar-refractivity contribution is 0.578. The van der Waals surface area contributed by atoms with E-state index in [0.29, 0.717) is 11.8 Å². The minimum Gasteiger partial charge on any atom is -0.266 e. The van der Waals surface area contributed by atoms with Gasteiger partial charge in [0.1, 0.15) is 11.8 Å². The summed E-state index contributed by atoms with van der Waals surface area (Å²) in [6.07, 6.45) is 14.4. The van der Waals surface area contributed by atoms with Gasteiger partial charge in [0.2, 0.25) is 0 Å². The van der Waals surface area contributed by atoms with Crippen LogP contribution in [0.5, 0.6) is 0 Å². The summed E-state index contributed by atoms with van der Waals surface area (Å²) >= 11 is 0. The number of pyridine rings is 1. The molecule has 27 heavy (non-hydrogen) atoms. The van der Waals surface area contributed by atoms with E-state index in [-0.39, 0.29) is 0 Å². The third-order valence-electron chi connectivity index (χ3n) is 5.49. The lowest BCUT2D eigenvalue weighted by Gasteiger charge is -2.15. The van der Waals surface area contributed by atoms with Crippen molar-refractivity contribution in [1.29, 1.82) is 0 Å². The monoisotopic (exact) mass is 365 g/mol. The fourth-order valence-electron chi connectivity index (χ4n) is 3.94. The summed E-state index contributed by atoms with van der Waals surface area (Å²) in [5.74, 6) is 1.79. The minimum absolute atomic E-state index is 0.486. The van der Waals surface area contributed by atoms with Crippen LogP contribution in [0.3, 0.4) is 0 Å². The molecule has 0 bridgehead atoms. The number of fused-ring (bicyclic) bond motifs is 1. The van der Waals surface area contributed by atoms with Crippen molar-refractivity contribution >= 4 is 11.2 Å². The summed E-state index contributed by atoms with van der Waals surface area (Å²) in [4.78, 5) is 18.6. The largest absolute Gasteiger partial charge is 0.266 e. The molecule has 3 heterocycles. The van der Waals surface area contributed by atoms with E-state index < -0.39 is 0 Å². The molecule has 3 rings (SSSR count). The van der Waals surface area contributed by atoms with Gasteiger partial charge in [0.25, 0.3) is 0 Å². The molecule has 5 heteroatoms. The average molecular weight is 366 g/mol. The Balaban J connectivity index is 1.96. The number of hydrogen-bond acceptors (Lipinski definition) is 4. The van der Waals surface area contributed by atoms with Crippen molar-refractivity contribution in [3.63, 3.8) is 0 Å². The Bertz CT molecular complexity index is 853. The number of nitrogens with zero attached hydrogens (tertiary/aromatic N) is 5. The van der Waals surface area contributed by atoms with Gasteiger partial charge in [-0.05, 0) is 43.2 Å². The maximum absolute atomic E-state index is 4.70. The molecule has 0 N–H and O–H groups in total. The summed E-state index contributed by atoms with van der Waals surface area (Å²) in [6.45, 7) is 8.91. The van der Waals surface area contributed by atoms with Crippen LogP contribution >= 0.6 is 0 Å². The molecule has 0 aliphatic heterocycles. The fourth-order valence-corrected chi connectivity index (χ4v) is 3.94. The highest BCUT2D eigenvalue weighted by atomic mass is 15.2. The van der Waals surface area contributed by atoms with E-state index in [4.69, 9.17) is 4.98 Å². The Kier molecular flexibility index (Phi) is 6.54. The Labute approximate surface area is 162 Å². The molecule has 0 radical (unpaired) electrons. The Morgan fingerprint density at radius 2 is 1.59 bits per heavy atom. The highest BCUT2D eigenvalue weighted by molar-refractivity contribution is 5.76. The summed E-state index contributed by atoms with van der Waals surface area (Å²) in [6, 6.07) is 2.12. The van der Waals surface area contributed by atoms with Gasteiger partial charge in [-0.3, -0.25) is 9.55 Å². The Hall–Kier alpha value is -2.30. The minimum atomic E-state index is 0.486. The maximum Gasteiger partial charge on any atom is 0.165 e. The van der Waals surface area contributed by atoms with Crippen LogP contribution in [0.4, 0.5) is 0 Å². The number of rotatable bonds is 9. The van der Waals surface area contributed by atoms with Gasteiger partial charge in [0.05, 0.1) is 18.1 Å². The smallest absolute Gasteiger partial charge is 0.165 e. The molecule has 3 aromatic heterocycles. The lowest BCUT2D eigenvalue weighted by Crippen LogP contribution is -2.05. The highest BCUT2D eigenvalue weighted by Gasteiger charge is 2.17. The van der Waals surface area contributed by atoms with Gasteiger partial charge in [0.15, 0.2) is 11.5 Å². The van der Waals surface area contributed by atoms with Gasteiger partial charge in [-0.25, -0.2) is 15.0 Å². The van der Waals surface area contributed by atoms with E-state index >= 15 is 0 Å². The van der Waals surface area contributed by atoms with Crippen LogP contribution in [0.15, 0.2) is 31.0 Å². The van der Waals surface area contributed by atoms with E-state index in [2.05, 4.69) is 48.7 Å². The zero-order chi connectivity index (χ0) is 19.2. The first-order valence-corrected chi connectivity index (χ1v) is 10.4. The van der Waals surface area contributed by atoms with Crippen LogP contribution in [-0.2, 0) is 0 Å². The fraction of sp³-hybridized carbons (Fsp3) is 0.545. The Morgan fingerprint density at radius 3 is 2.22 bits per heavy atom. The van der Waals surface area contributed by atoms with Gasteiger partial charge in [-0.15, -0.1) is 0 Å². The third kappa shape index (κ3) is 4.02. The normalized spacial score (nSPS) is 13.8. The molecule has 2 atom stereocenters. The molecule has 2 unspecified atom stereocenters. The molecule has 5 nitrogen and oxygen atoms in total. The summed E-state index contributed by atoms with van der Waals surface area (Å²) in [5, 5.41) is 0. The van der Waals surface area contributed by atoms with Gasteiger partial charge >= 0.3 is 0 Å². The van der Waals surface area contributed by atoms with Crippen LogP contribution < -0.4 is 0 Å². The number of imidazole rings is 1. The van der Waals surface area contributed by atoms with Crippen molar-refractivity contribution in [2.75, 3.05) is 0 Å². The first kappa shape index (κ1) is 19.5. The van der Waals surface area contributed by atoms with Gasteiger partial charge in [0, 0.05) is 12.1 Å². The van der Waals surface area contributed by atoms with Crippen molar-refractivity contribution in [1.82, 2.24) is 24.5 Å². The first-order chi connectivity index (χ1) is 13.2. The molecule has 0 aliphatic carbocycles. The molecule has 144 valence electrons. The number of hydrogen-bond donors (Lipinski definition) is 0. The van der Waals surface area contributed by atoms with E-state index in [1.165, 1.54) is 18.4 Å². The predicted octanol–water partition coefficient (Wildman–Crippen LogP) is 5.80. The van der Waals surface area contributed by atoms with Crippen molar-refractivity contribution in [2.24, 2.45) is 0 Å². The second-order valence-electron chi connectivity index (χ2n) is 7.27. The topological polar surface area (TPSA) is 56.5 Å². The second kappa shape index (κ2) is 9.07. The molecular weight excluding hydrogens is 334 g/mol. The molecule has 0 saturated heterocycles. The van der Waals surface area contributed by atoms with Gasteiger partial charge < -0.3 is 0 Å². The van der Waals surface area contributed by atoms with Gasteiger partial charge in [-0.2, -0.15) is 0 Å². The first-order valence-electron chi connectivity index (χ1n) is 10.4. The van der Waals surface area contributed by atoms with Crippen molar-refractivity contribution in [3.8, 4) is 5.82 Å². The van der Waals surface area contributed by atoms with Crippen molar-refractivity contribution < 1.29 is 0 Å². The molecule has 0 aliphatic rings. The van der Waals surface area contributed by atoms with E-state index in [1.807, 2.05) is 29.5 Å². The predicted molar refractivity (Wildman–Crippen MR) is 110 cm³/mol. The van der Waals surface area contributed by atoms with Crippen LogP contribution in [0.2, 0.25) is 0 Å². The highest BCUT2D eigenvalue weighted by Crippen LogP contribution is 2.30. The van der Waals surface area contributed by atoms with Crippen LogP contribution in [0, 0.1) is 0 Å². The molecule has 0 fully saturated rings. The van der Waals surface area contributed by atoms with E-state index in [9.17, 15) is 0 Å². The summed E-state index contributed by atoms with van der Waals surface area (Å²) in [5.41, 5.74) is 4.22. The Morgan fingerprint density at radius 1 is 0.852 bits per heavy atom. The summed E-state index contributed by atoms with van der Waals surface area (Å²) in [7, 11) is 0. The molecule has 3 aromatic rings. The maximum atomic E-state index is 4.70. The van der Waals surface area contributed by atoms with Gasteiger partial charge in [-0.1, -0.05) is 40.5 Å². The number of aromatic nitrogens is 5. The third-order valence-corrected chi connectivity index (χ3v) is 5.49. The molecule has 0 spiro atoms. The van der Waals surface area contributed by atoms with Crippen LogP contribution in [-0.4, -0.2) is 24.5 Å². The van der Waals surface area contributed by atoms with Crippen LogP contribution in [0.1, 0.15) is 89.3 Å². The molecule has 0 amide bonds. The second-order valence-corrected chi connectivity index (χ2v) is 7.27.